The molecular weight excluding hydrogens is 446 g/mol. The number of halogens is 3. The lowest BCUT2D eigenvalue weighted by Gasteiger charge is -2.30. The van der Waals surface area contributed by atoms with E-state index in [1.54, 1.807) is 12.1 Å². The molecule has 0 aromatic heterocycles. The lowest BCUT2D eigenvalue weighted by molar-refractivity contribution is 0.102. The summed E-state index contributed by atoms with van der Waals surface area (Å²) in [6.45, 7) is 0.272. The van der Waals surface area contributed by atoms with Crippen LogP contribution in [0, 0.1) is 11.6 Å². The molecule has 0 aliphatic carbocycles. The Morgan fingerprint density at radius 1 is 1.00 bits per heavy atom. The molecule has 0 saturated heterocycles. The monoisotopic (exact) mass is 462 g/mol. The van der Waals surface area contributed by atoms with Crippen molar-refractivity contribution in [3.8, 4) is 0 Å². The molecule has 31 heavy (non-hydrogen) atoms. The van der Waals surface area contributed by atoms with Crippen LogP contribution < -0.4 is 9.62 Å². The molecule has 1 N–H and O–H groups in total. The van der Waals surface area contributed by atoms with Crippen molar-refractivity contribution in [1.82, 2.24) is 0 Å². The van der Waals surface area contributed by atoms with E-state index >= 15 is 0 Å². The van der Waals surface area contributed by atoms with Crippen LogP contribution in [0.3, 0.4) is 0 Å². The Bertz CT molecular complexity index is 1280. The molecule has 1 heterocycles. The van der Waals surface area contributed by atoms with Gasteiger partial charge < -0.3 is 5.32 Å². The van der Waals surface area contributed by atoms with Gasteiger partial charge in [-0.25, -0.2) is 17.2 Å². The van der Waals surface area contributed by atoms with Crippen LogP contribution in [0.5, 0.6) is 0 Å². The van der Waals surface area contributed by atoms with Crippen LogP contribution in [-0.2, 0) is 16.4 Å². The minimum Gasteiger partial charge on any atom is -0.319 e. The predicted octanol–water partition coefficient (Wildman–Crippen LogP) is 5.01. The minimum absolute atomic E-state index is 0.136. The summed E-state index contributed by atoms with van der Waals surface area (Å²) in [6, 6.07) is 13.8. The second-order valence-corrected chi connectivity index (χ2v) is 9.33. The minimum atomic E-state index is -4.04. The Hall–Kier alpha value is -2.97. The van der Waals surface area contributed by atoms with Crippen LogP contribution in [-0.4, -0.2) is 20.9 Å². The number of nitrogens with one attached hydrogen (secondary N) is 1. The molecule has 160 valence electrons. The number of amides is 1. The molecule has 5 nitrogen and oxygen atoms in total. The molecule has 0 radical (unpaired) electrons. The standard InChI is InChI=1S/C22H17ClF2N2O3S/c23-15-7-10-20(19(25)12-15)26-22(28)17-13-16(8-9-18(17)24)31(29,30)27-11-3-5-14-4-1-2-6-21(14)27/h1-2,4,6-10,12-13H,3,5,11H2,(H,26,28). The SMILES string of the molecule is O=C(Nc1ccc(Cl)cc1F)c1cc(S(=O)(=O)N2CCCc3ccccc32)ccc1F. The third-order valence-corrected chi connectivity index (χ3v) is 7.06. The molecule has 4 rings (SSSR count). The lowest BCUT2D eigenvalue weighted by Crippen LogP contribution is -2.35. The van der Waals surface area contributed by atoms with E-state index in [0.717, 1.165) is 36.2 Å². The smallest absolute Gasteiger partial charge is 0.264 e. The third kappa shape index (κ3) is 4.13. The van der Waals surface area contributed by atoms with Gasteiger partial charge in [0.1, 0.15) is 11.6 Å². The van der Waals surface area contributed by atoms with Crippen LogP contribution in [0.1, 0.15) is 22.3 Å². The van der Waals surface area contributed by atoms with Crippen molar-refractivity contribution in [3.63, 3.8) is 0 Å². The average Bonchev–Trinajstić information content (AvgIpc) is 2.75. The van der Waals surface area contributed by atoms with Crippen LogP contribution in [0.2, 0.25) is 5.02 Å². The Balaban J connectivity index is 1.68. The van der Waals surface area contributed by atoms with Gasteiger partial charge in [0, 0.05) is 11.6 Å². The van der Waals surface area contributed by atoms with E-state index in [-0.39, 0.29) is 22.2 Å². The first kappa shape index (κ1) is 21.3. The van der Waals surface area contributed by atoms with Crippen molar-refractivity contribution in [3.05, 3.63) is 88.4 Å². The van der Waals surface area contributed by atoms with Gasteiger partial charge in [-0.05, 0) is 60.9 Å². The van der Waals surface area contributed by atoms with E-state index in [1.165, 1.54) is 16.4 Å². The summed E-state index contributed by atoms with van der Waals surface area (Å²) < 4.78 is 56.2. The van der Waals surface area contributed by atoms with Gasteiger partial charge in [0.2, 0.25) is 0 Å². The van der Waals surface area contributed by atoms with Gasteiger partial charge in [-0.1, -0.05) is 29.8 Å². The molecule has 1 amide bonds. The van der Waals surface area contributed by atoms with E-state index in [0.29, 0.717) is 12.1 Å². The average molecular weight is 463 g/mol. The van der Waals surface area contributed by atoms with E-state index in [1.807, 2.05) is 12.1 Å². The highest BCUT2D eigenvalue weighted by molar-refractivity contribution is 7.92. The maximum atomic E-state index is 14.4. The summed E-state index contributed by atoms with van der Waals surface area (Å²) in [7, 11) is -4.04. The highest BCUT2D eigenvalue weighted by Crippen LogP contribution is 2.32. The van der Waals surface area contributed by atoms with Crippen LogP contribution in [0.25, 0.3) is 0 Å². The highest BCUT2D eigenvalue weighted by atomic mass is 35.5. The summed E-state index contributed by atoms with van der Waals surface area (Å²) in [4.78, 5) is 12.3. The van der Waals surface area contributed by atoms with Gasteiger partial charge in [0.05, 0.1) is 21.8 Å². The zero-order chi connectivity index (χ0) is 22.2. The topological polar surface area (TPSA) is 66.5 Å². The fourth-order valence-corrected chi connectivity index (χ4v) is 5.22. The van der Waals surface area contributed by atoms with Crippen molar-refractivity contribution < 1.29 is 22.0 Å². The summed E-state index contributed by atoms with van der Waals surface area (Å²) in [5.74, 6) is -2.70. The molecule has 3 aromatic rings. The molecule has 9 heteroatoms. The number of fused-ring (bicyclic) bond motifs is 1. The number of aryl methyl sites for hydroxylation is 1. The number of carbonyl (C=O) groups excluding carboxylic acids is 1. The van der Waals surface area contributed by atoms with Gasteiger partial charge in [-0.3, -0.25) is 9.10 Å². The van der Waals surface area contributed by atoms with Crippen molar-refractivity contribution in [1.29, 1.82) is 0 Å². The number of anilines is 2. The molecule has 3 aromatic carbocycles. The van der Waals surface area contributed by atoms with E-state index in [2.05, 4.69) is 5.32 Å². The number of benzene rings is 3. The zero-order valence-corrected chi connectivity index (χ0v) is 17.7. The first-order valence-electron chi connectivity index (χ1n) is 9.44. The zero-order valence-electron chi connectivity index (χ0n) is 16.1. The van der Waals surface area contributed by atoms with Crippen molar-refractivity contribution in [2.75, 3.05) is 16.2 Å². The Morgan fingerprint density at radius 2 is 1.77 bits per heavy atom. The van der Waals surface area contributed by atoms with Gasteiger partial charge >= 0.3 is 0 Å². The molecule has 1 aliphatic heterocycles. The maximum absolute atomic E-state index is 14.4. The van der Waals surface area contributed by atoms with E-state index in [4.69, 9.17) is 11.6 Å². The normalized spacial score (nSPS) is 13.6. The molecule has 0 unspecified atom stereocenters. The second-order valence-electron chi connectivity index (χ2n) is 7.03. The first-order chi connectivity index (χ1) is 14.8. The van der Waals surface area contributed by atoms with E-state index < -0.39 is 33.1 Å². The van der Waals surface area contributed by atoms with Crippen molar-refractivity contribution in [2.45, 2.75) is 17.7 Å². The molecule has 1 aliphatic rings. The molecule has 0 fully saturated rings. The fourth-order valence-electron chi connectivity index (χ4n) is 3.50. The number of hydrogen-bond acceptors (Lipinski definition) is 3. The quantitative estimate of drug-likeness (QED) is 0.592. The number of carbonyl (C=O) groups is 1. The fraction of sp³-hybridized carbons (Fsp3) is 0.136. The first-order valence-corrected chi connectivity index (χ1v) is 11.3. The summed E-state index contributed by atoms with van der Waals surface area (Å²) in [5.41, 5.74) is 0.746. The summed E-state index contributed by atoms with van der Waals surface area (Å²) in [6.07, 6.45) is 1.40. The van der Waals surface area contributed by atoms with E-state index in [9.17, 15) is 22.0 Å². The van der Waals surface area contributed by atoms with Gasteiger partial charge in [0.15, 0.2) is 0 Å². The van der Waals surface area contributed by atoms with Gasteiger partial charge in [-0.2, -0.15) is 0 Å². The largest absolute Gasteiger partial charge is 0.319 e. The van der Waals surface area contributed by atoms with Gasteiger partial charge in [0.25, 0.3) is 15.9 Å². The lowest BCUT2D eigenvalue weighted by atomic mass is 10.0. The number of hydrogen-bond donors (Lipinski definition) is 1. The van der Waals surface area contributed by atoms with Crippen LogP contribution in [0.4, 0.5) is 20.2 Å². The highest BCUT2D eigenvalue weighted by Gasteiger charge is 2.30. The van der Waals surface area contributed by atoms with Crippen molar-refractivity contribution in [2.24, 2.45) is 0 Å². The molecule has 0 atom stereocenters. The number of para-hydroxylation sites is 1. The third-order valence-electron chi connectivity index (χ3n) is 5.02. The Morgan fingerprint density at radius 3 is 2.55 bits per heavy atom. The molecule has 0 bridgehead atoms. The maximum Gasteiger partial charge on any atom is 0.264 e. The summed E-state index contributed by atoms with van der Waals surface area (Å²) >= 11 is 5.69. The number of rotatable bonds is 4. The summed E-state index contributed by atoms with van der Waals surface area (Å²) in [5, 5.41) is 2.38. The molecular formula is C22H17ClF2N2O3S. The number of sulfonamides is 1. The Labute approximate surface area is 183 Å². The molecule has 0 saturated carbocycles. The molecule has 0 spiro atoms. The van der Waals surface area contributed by atoms with Crippen LogP contribution >= 0.6 is 11.6 Å². The predicted molar refractivity (Wildman–Crippen MR) is 115 cm³/mol. The van der Waals surface area contributed by atoms with Gasteiger partial charge in [-0.15, -0.1) is 0 Å². The second kappa shape index (κ2) is 8.28. The Kier molecular flexibility index (Phi) is 5.68. The number of nitrogens with zero attached hydrogens (tertiary/aromatic N) is 1. The van der Waals surface area contributed by atoms with Crippen LogP contribution in [0.15, 0.2) is 65.6 Å². The van der Waals surface area contributed by atoms with Crippen molar-refractivity contribution >= 4 is 38.9 Å².